The summed E-state index contributed by atoms with van der Waals surface area (Å²) in [5, 5.41) is 0. The first-order chi connectivity index (χ1) is 7.00. The molecule has 1 heterocycles. The van der Waals surface area contributed by atoms with Gasteiger partial charge in [0.25, 0.3) is 0 Å². The molecule has 1 aliphatic rings. The van der Waals surface area contributed by atoms with Crippen molar-refractivity contribution in [2.45, 2.75) is 44.9 Å². The van der Waals surface area contributed by atoms with E-state index >= 15 is 0 Å². The monoisotopic (exact) mass is 206 g/mol. The molecule has 0 radical (unpaired) electrons. The van der Waals surface area contributed by atoms with Crippen LogP contribution in [0.2, 0.25) is 0 Å². The Balaban J connectivity index is 2.21. The normalized spacial score (nSPS) is 19.4. The van der Waals surface area contributed by atoms with E-state index in [2.05, 4.69) is 23.7 Å². The molecule has 0 saturated heterocycles. The molecule has 0 aromatic heterocycles. The van der Waals surface area contributed by atoms with Gasteiger partial charge in [0.2, 0.25) is 0 Å². The lowest BCUT2D eigenvalue weighted by atomic mass is 10.1. The van der Waals surface area contributed by atoms with E-state index in [-0.39, 0.29) is 0 Å². The first-order valence-electron chi connectivity index (χ1n) is 5.49. The van der Waals surface area contributed by atoms with E-state index in [0.717, 1.165) is 25.7 Å². The van der Waals surface area contributed by atoms with E-state index in [4.69, 9.17) is 0 Å². The third-order valence-corrected chi connectivity index (χ3v) is 3.08. The third kappa shape index (κ3) is 6.93. The van der Waals surface area contributed by atoms with E-state index in [1.165, 1.54) is 30.8 Å². The standard InChI is InChI=1S/C13H18S/c1-2-4-6-8-10-12-14-13-11-9-7-5-3-1/h1-5,10-13H2. The Labute approximate surface area is 92.2 Å². The molecule has 0 N–H and O–H groups in total. The van der Waals surface area contributed by atoms with E-state index in [1.54, 1.807) is 0 Å². The van der Waals surface area contributed by atoms with Gasteiger partial charge in [-0.3, -0.25) is 0 Å². The Morgan fingerprint density at radius 3 is 1.64 bits per heavy atom. The van der Waals surface area contributed by atoms with Gasteiger partial charge in [0.05, 0.1) is 0 Å². The Bertz CT molecular complexity index is 198. The Morgan fingerprint density at radius 2 is 1.07 bits per heavy atom. The lowest BCUT2D eigenvalue weighted by molar-refractivity contribution is 0.708. The van der Waals surface area contributed by atoms with E-state index in [1.807, 2.05) is 11.8 Å². The van der Waals surface area contributed by atoms with Gasteiger partial charge >= 0.3 is 0 Å². The van der Waals surface area contributed by atoms with Gasteiger partial charge in [0, 0.05) is 37.2 Å². The van der Waals surface area contributed by atoms with Gasteiger partial charge in [0.1, 0.15) is 0 Å². The SMILES string of the molecule is C1#CCCSCCC#CCCCCC1. The molecule has 0 amide bonds. The van der Waals surface area contributed by atoms with Gasteiger partial charge in [-0.05, 0) is 12.8 Å². The lowest BCUT2D eigenvalue weighted by Gasteiger charge is -1.95. The van der Waals surface area contributed by atoms with E-state index in [0.29, 0.717) is 0 Å². The highest BCUT2D eigenvalue weighted by molar-refractivity contribution is 7.99. The molecule has 0 nitrogen and oxygen atoms in total. The predicted molar refractivity (Wildman–Crippen MR) is 65.2 cm³/mol. The Hall–Kier alpha value is -0.530. The van der Waals surface area contributed by atoms with Crippen LogP contribution in [0.3, 0.4) is 0 Å². The summed E-state index contributed by atoms with van der Waals surface area (Å²) in [4.78, 5) is 0. The number of hydrogen-bond acceptors (Lipinski definition) is 1. The second-order valence-corrected chi connectivity index (χ2v) is 4.60. The molecule has 0 aromatic rings. The quantitative estimate of drug-likeness (QED) is 0.547. The molecule has 1 rings (SSSR count). The van der Waals surface area contributed by atoms with Crippen LogP contribution in [0.25, 0.3) is 0 Å². The number of hydrogen-bond donors (Lipinski definition) is 0. The highest BCUT2D eigenvalue weighted by atomic mass is 32.2. The van der Waals surface area contributed by atoms with Gasteiger partial charge in [-0.15, -0.1) is 23.7 Å². The summed E-state index contributed by atoms with van der Waals surface area (Å²) < 4.78 is 0. The topological polar surface area (TPSA) is 0 Å². The zero-order valence-corrected chi connectivity index (χ0v) is 9.59. The molecule has 0 atom stereocenters. The van der Waals surface area contributed by atoms with Crippen LogP contribution in [-0.2, 0) is 0 Å². The smallest absolute Gasteiger partial charge is 0.0180 e. The molecule has 14 heavy (non-hydrogen) atoms. The number of thioether (sulfide) groups is 1. The summed E-state index contributed by atoms with van der Waals surface area (Å²) in [6, 6.07) is 0. The molecule has 76 valence electrons. The highest BCUT2D eigenvalue weighted by Crippen LogP contribution is 2.05. The van der Waals surface area contributed by atoms with Crippen LogP contribution in [0.5, 0.6) is 0 Å². The second kappa shape index (κ2) is 9.04. The van der Waals surface area contributed by atoms with Gasteiger partial charge < -0.3 is 0 Å². The minimum Gasteiger partial charge on any atom is -0.160 e. The maximum Gasteiger partial charge on any atom is 0.0180 e. The maximum absolute atomic E-state index is 3.24. The molecule has 1 aliphatic heterocycles. The van der Waals surface area contributed by atoms with Crippen molar-refractivity contribution >= 4 is 11.8 Å². The van der Waals surface area contributed by atoms with Gasteiger partial charge in [-0.25, -0.2) is 0 Å². The molecule has 0 spiro atoms. The summed E-state index contributed by atoms with van der Waals surface area (Å²) in [7, 11) is 0. The summed E-state index contributed by atoms with van der Waals surface area (Å²) in [6.45, 7) is 0. The molecular weight excluding hydrogens is 188 g/mol. The summed E-state index contributed by atoms with van der Waals surface area (Å²) in [6.07, 6.45) is 8.06. The van der Waals surface area contributed by atoms with Crippen molar-refractivity contribution in [1.29, 1.82) is 0 Å². The van der Waals surface area contributed by atoms with Gasteiger partial charge in [0.15, 0.2) is 0 Å². The predicted octanol–water partition coefficient (Wildman–Crippen LogP) is 3.47. The largest absolute Gasteiger partial charge is 0.160 e. The van der Waals surface area contributed by atoms with Crippen molar-refractivity contribution in [3.63, 3.8) is 0 Å². The first kappa shape index (κ1) is 11.5. The molecule has 0 fully saturated rings. The van der Waals surface area contributed by atoms with Crippen molar-refractivity contribution in [1.82, 2.24) is 0 Å². The second-order valence-electron chi connectivity index (χ2n) is 3.38. The zero-order valence-electron chi connectivity index (χ0n) is 8.77. The molecule has 0 bridgehead atoms. The minimum absolute atomic E-state index is 1.05. The fourth-order valence-electron chi connectivity index (χ4n) is 1.31. The fraction of sp³-hybridized carbons (Fsp3) is 0.692. The van der Waals surface area contributed by atoms with Crippen LogP contribution in [0.4, 0.5) is 0 Å². The number of rotatable bonds is 0. The van der Waals surface area contributed by atoms with Crippen molar-refractivity contribution < 1.29 is 0 Å². The van der Waals surface area contributed by atoms with Crippen LogP contribution in [0, 0.1) is 23.7 Å². The van der Waals surface area contributed by atoms with Crippen LogP contribution in [0.15, 0.2) is 0 Å². The third-order valence-electron chi connectivity index (χ3n) is 2.10. The molecule has 0 saturated carbocycles. The maximum atomic E-state index is 3.24. The molecule has 0 aromatic carbocycles. The van der Waals surface area contributed by atoms with Crippen molar-refractivity contribution in [2.24, 2.45) is 0 Å². The van der Waals surface area contributed by atoms with E-state index < -0.39 is 0 Å². The van der Waals surface area contributed by atoms with Crippen LogP contribution < -0.4 is 0 Å². The first-order valence-corrected chi connectivity index (χ1v) is 6.65. The minimum atomic E-state index is 1.05. The van der Waals surface area contributed by atoms with Crippen LogP contribution in [0.1, 0.15) is 44.9 Å². The van der Waals surface area contributed by atoms with Crippen molar-refractivity contribution in [3.8, 4) is 23.7 Å². The molecular formula is C13H18S. The van der Waals surface area contributed by atoms with Crippen LogP contribution in [-0.4, -0.2) is 11.5 Å². The Kier molecular flexibility index (Phi) is 7.46. The van der Waals surface area contributed by atoms with E-state index in [9.17, 15) is 0 Å². The Morgan fingerprint density at radius 1 is 0.571 bits per heavy atom. The summed E-state index contributed by atoms with van der Waals surface area (Å²) in [5.74, 6) is 15.3. The zero-order chi connectivity index (χ0) is 9.90. The van der Waals surface area contributed by atoms with Gasteiger partial charge in [-0.2, -0.15) is 11.8 Å². The molecule has 1 heteroatoms. The summed E-state index contributed by atoms with van der Waals surface area (Å²) in [5.41, 5.74) is 0. The molecule has 0 unspecified atom stereocenters. The summed E-state index contributed by atoms with van der Waals surface area (Å²) >= 11 is 1.97. The molecule has 0 aliphatic carbocycles. The lowest BCUT2D eigenvalue weighted by Crippen LogP contribution is -1.82. The van der Waals surface area contributed by atoms with Crippen LogP contribution >= 0.6 is 11.8 Å². The van der Waals surface area contributed by atoms with Crippen molar-refractivity contribution in [2.75, 3.05) is 11.5 Å². The average Bonchev–Trinajstić information content (AvgIpc) is 2.22. The average molecular weight is 206 g/mol. The fourth-order valence-corrected chi connectivity index (χ4v) is 2.00. The highest BCUT2D eigenvalue weighted by Gasteiger charge is 1.88. The van der Waals surface area contributed by atoms with Crippen molar-refractivity contribution in [3.05, 3.63) is 0 Å². The van der Waals surface area contributed by atoms with Gasteiger partial charge in [-0.1, -0.05) is 6.42 Å².